The van der Waals surface area contributed by atoms with Crippen LogP contribution in [0.5, 0.6) is 0 Å². The molecule has 0 bridgehead atoms. The summed E-state index contributed by atoms with van der Waals surface area (Å²) < 4.78 is 25.8. The predicted molar refractivity (Wildman–Crippen MR) is 102 cm³/mol. The second kappa shape index (κ2) is 7.19. The minimum absolute atomic E-state index is 0.0797. The lowest BCUT2D eigenvalue weighted by molar-refractivity contribution is 0.0936. The Morgan fingerprint density at radius 2 is 1.88 bits per heavy atom. The fourth-order valence-corrected chi connectivity index (χ4v) is 4.61. The van der Waals surface area contributed by atoms with Gasteiger partial charge in [0.25, 0.3) is 5.91 Å². The quantitative estimate of drug-likeness (QED) is 0.832. The first-order chi connectivity index (χ1) is 12.2. The molecule has 0 spiro atoms. The molecular weight excluding hydrogens is 395 g/mol. The van der Waals surface area contributed by atoms with E-state index in [2.05, 4.69) is 5.32 Å². The average Bonchev–Trinajstić information content (AvgIpc) is 2.96. The van der Waals surface area contributed by atoms with Crippen LogP contribution in [-0.4, -0.2) is 32.7 Å². The van der Waals surface area contributed by atoms with Crippen LogP contribution >= 0.6 is 23.2 Å². The van der Waals surface area contributed by atoms with Crippen LogP contribution in [0.1, 0.15) is 33.9 Å². The maximum absolute atomic E-state index is 12.6. The topological polar surface area (TPSA) is 66.5 Å². The smallest absolute Gasteiger partial charge is 0.251 e. The van der Waals surface area contributed by atoms with Crippen molar-refractivity contribution >= 4 is 39.1 Å². The number of fused-ring (bicyclic) bond motifs is 1. The van der Waals surface area contributed by atoms with Crippen LogP contribution in [0.2, 0.25) is 10.0 Å². The largest absolute Gasteiger partial charge is 0.345 e. The highest BCUT2D eigenvalue weighted by molar-refractivity contribution is 7.89. The van der Waals surface area contributed by atoms with Gasteiger partial charge in [0.05, 0.1) is 11.1 Å². The number of hydrogen-bond acceptors (Lipinski definition) is 3. The van der Waals surface area contributed by atoms with E-state index in [0.29, 0.717) is 5.02 Å². The van der Waals surface area contributed by atoms with Crippen molar-refractivity contribution in [2.45, 2.75) is 23.8 Å². The van der Waals surface area contributed by atoms with Gasteiger partial charge in [-0.1, -0.05) is 29.3 Å². The highest BCUT2D eigenvalue weighted by Crippen LogP contribution is 2.33. The van der Waals surface area contributed by atoms with Crippen LogP contribution in [0.25, 0.3) is 0 Å². The van der Waals surface area contributed by atoms with Gasteiger partial charge in [-0.2, -0.15) is 0 Å². The first-order valence-corrected chi connectivity index (χ1v) is 10.2. The Balaban J connectivity index is 1.86. The number of halogens is 2. The molecule has 0 aliphatic heterocycles. The molecule has 1 aliphatic carbocycles. The molecule has 138 valence electrons. The summed E-state index contributed by atoms with van der Waals surface area (Å²) in [7, 11) is -0.906. The lowest BCUT2D eigenvalue weighted by Crippen LogP contribution is -2.28. The third-order valence-corrected chi connectivity index (χ3v) is 6.97. The van der Waals surface area contributed by atoms with Gasteiger partial charge in [-0.25, -0.2) is 12.7 Å². The molecule has 5 nitrogen and oxygen atoms in total. The third-order valence-electron chi connectivity index (χ3n) is 4.44. The molecule has 1 N–H and O–H groups in total. The predicted octanol–water partition coefficient (Wildman–Crippen LogP) is 3.66. The monoisotopic (exact) mass is 412 g/mol. The number of amides is 1. The molecule has 8 heteroatoms. The summed E-state index contributed by atoms with van der Waals surface area (Å²) >= 11 is 12.0. The molecule has 2 aromatic rings. The standard InChI is InChI=1S/C18H18Cl2N2O3S/c1-22(2)26(24,25)17-10-12(3-7-15(17)20)18(23)21-16-8-4-11-9-13(19)5-6-14(11)16/h3,5-7,9-10,16H,4,8H2,1-2H3,(H,21,23). The molecule has 2 aromatic carbocycles. The zero-order valence-electron chi connectivity index (χ0n) is 14.3. The Morgan fingerprint density at radius 3 is 2.58 bits per heavy atom. The summed E-state index contributed by atoms with van der Waals surface area (Å²) in [5.74, 6) is -0.343. The molecule has 1 atom stereocenters. The van der Waals surface area contributed by atoms with Gasteiger partial charge in [-0.05, 0) is 54.3 Å². The van der Waals surface area contributed by atoms with E-state index in [1.807, 2.05) is 12.1 Å². The summed E-state index contributed by atoms with van der Waals surface area (Å²) in [6, 6.07) is 9.75. The Bertz CT molecular complexity index is 974. The summed E-state index contributed by atoms with van der Waals surface area (Å²) in [5, 5.41) is 3.72. The summed E-state index contributed by atoms with van der Waals surface area (Å²) in [6.45, 7) is 0. The lowest BCUT2D eigenvalue weighted by Gasteiger charge is -2.16. The molecule has 1 aliphatic rings. The minimum Gasteiger partial charge on any atom is -0.345 e. The van der Waals surface area contributed by atoms with Crippen molar-refractivity contribution in [2.75, 3.05) is 14.1 Å². The number of sulfonamides is 1. The molecule has 0 saturated heterocycles. The van der Waals surface area contributed by atoms with E-state index in [9.17, 15) is 13.2 Å². The number of hydrogen-bond donors (Lipinski definition) is 1. The molecular formula is C18H18Cl2N2O3S. The molecule has 0 fully saturated rings. The van der Waals surface area contributed by atoms with Gasteiger partial charge >= 0.3 is 0 Å². The SMILES string of the molecule is CN(C)S(=O)(=O)c1cc(C(=O)NC2CCc3cc(Cl)ccc32)ccc1Cl. The van der Waals surface area contributed by atoms with Gasteiger partial charge in [0.15, 0.2) is 0 Å². The number of benzene rings is 2. The molecule has 0 aromatic heterocycles. The Morgan fingerprint density at radius 1 is 1.15 bits per heavy atom. The van der Waals surface area contributed by atoms with E-state index in [4.69, 9.17) is 23.2 Å². The van der Waals surface area contributed by atoms with Crippen LogP contribution in [0.3, 0.4) is 0 Å². The number of rotatable bonds is 4. The normalized spacial score (nSPS) is 16.6. The highest BCUT2D eigenvalue weighted by atomic mass is 35.5. The highest BCUT2D eigenvalue weighted by Gasteiger charge is 2.26. The number of aryl methyl sites for hydroxylation is 1. The van der Waals surface area contributed by atoms with E-state index in [1.54, 1.807) is 6.07 Å². The molecule has 1 unspecified atom stereocenters. The van der Waals surface area contributed by atoms with Gasteiger partial charge in [0.2, 0.25) is 10.0 Å². The first-order valence-electron chi connectivity index (χ1n) is 8.01. The van der Waals surface area contributed by atoms with Crippen LogP contribution in [0.4, 0.5) is 0 Å². The van der Waals surface area contributed by atoms with Crippen molar-refractivity contribution in [3.05, 3.63) is 63.1 Å². The summed E-state index contributed by atoms with van der Waals surface area (Å²) in [6.07, 6.45) is 1.61. The van der Waals surface area contributed by atoms with Crippen LogP contribution in [0, 0.1) is 0 Å². The second-order valence-corrected chi connectivity index (χ2v) is 9.30. The third kappa shape index (κ3) is 3.60. The van der Waals surface area contributed by atoms with E-state index in [-0.39, 0.29) is 27.4 Å². The lowest BCUT2D eigenvalue weighted by atomic mass is 10.1. The summed E-state index contributed by atoms with van der Waals surface area (Å²) in [5.41, 5.74) is 2.41. The fourth-order valence-electron chi connectivity index (χ4n) is 3.02. The second-order valence-electron chi connectivity index (χ2n) is 6.34. The molecule has 0 radical (unpaired) electrons. The van der Waals surface area contributed by atoms with Crippen molar-refractivity contribution < 1.29 is 13.2 Å². The first kappa shape index (κ1) is 19.2. The zero-order valence-corrected chi connectivity index (χ0v) is 16.6. The molecule has 1 amide bonds. The Labute approximate surface area is 163 Å². The number of nitrogens with one attached hydrogen (secondary N) is 1. The van der Waals surface area contributed by atoms with Gasteiger partial charge in [-0.15, -0.1) is 0 Å². The summed E-state index contributed by atoms with van der Waals surface area (Å²) in [4.78, 5) is 12.6. The molecule has 26 heavy (non-hydrogen) atoms. The molecule has 0 saturated carbocycles. The number of carbonyl (C=O) groups excluding carboxylic acids is 1. The maximum Gasteiger partial charge on any atom is 0.251 e. The van der Waals surface area contributed by atoms with Crippen molar-refractivity contribution in [2.24, 2.45) is 0 Å². The average molecular weight is 413 g/mol. The van der Waals surface area contributed by atoms with Gasteiger partial charge in [0, 0.05) is 24.7 Å². The van der Waals surface area contributed by atoms with Crippen molar-refractivity contribution in [3.63, 3.8) is 0 Å². The van der Waals surface area contributed by atoms with Crippen LogP contribution in [0.15, 0.2) is 41.3 Å². The fraction of sp³-hybridized carbons (Fsp3) is 0.278. The van der Waals surface area contributed by atoms with Crippen LogP contribution in [-0.2, 0) is 16.4 Å². The van der Waals surface area contributed by atoms with E-state index in [1.165, 1.54) is 32.3 Å². The number of carbonyl (C=O) groups is 1. The van der Waals surface area contributed by atoms with Gasteiger partial charge in [-0.3, -0.25) is 4.79 Å². The van der Waals surface area contributed by atoms with E-state index < -0.39 is 10.0 Å². The van der Waals surface area contributed by atoms with Crippen molar-refractivity contribution in [3.8, 4) is 0 Å². The van der Waals surface area contributed by atoms with Gasteiger partial charge in [0.1, 0.15) is 4.90 Å². The van der Waals surface area contributed by atoms with Crippen molar-refractivity contribution in [1.29, 1.82) is 0 Å². The Hall–Kier alpha value is -1.60. The minimum atomic E-state index is -3.74. The van der Waals surface area contributed by atoms with Crippen LogP contribution < -0.4 is 5.32 Å². The Kier molecular flexibility index (Phi) is 5.30. The van der Waals surface area contributed by atoms with Gasteiger partial charge < -0.3 is 5.32 Å². The molecule has 0 heterocycles. The van der Waals surface area contributed by atoms with Crippen molar-refractivity contribution in [1.82, 2.24) is 9.62 Å². The molecule has 3 rings (SSSR count). The maximum atomic E-state index is 12.6. The zero-order chi connectivity index (χ0) is 19.1. The van der Waals surface area contributed by atoms with E-state index in [0.717, 1.165) is 28.3 Å². The number of nitrogens with zero attached hydrogens (tertiary/aromatic N) is 1. The van der Waals surface area contributed by atoms with E-state index >= 15 is 0 Å².